The molecule has 0 bridgehead atoms. The first-order valence-electron chi connectivity index (χ1n) is 7.10. The molecule has 1 nitrogen and oxygen atoms in total. The fraction of sp³-hybridized carbons (Fsp3) is 0.158. The highest BCUT2D eigenvalue weighted by atomic mass is 15.1. The van der Waals surface area contributed by atoms with Crippen molar-refractivity contribution in [3.8, 4) is 0 Å². The van der Waals surface area contributed by atoms with Crippen molar-refractivity contribution in [3.05, 3.63) is 78.4 Å². The van der Waals surface area contributed by atoms with Crippen molar-refractivity contribution in [1.29, 1.82) is 0 Å². The van der Waals surface area contributed by atoms with Crippen LogP contribution in [0.5, 0.6) is 0 Å². The van der Waals surface area contributed by atoms with Crippen molar-refractivity contribution in [2.75, 3.05) is 11.9 Å². The number of para-hydroxylation sites is 2. The van der Waals surface area contributed by atoms with E-state index < -0.39 is 0 Å². The monoisotopic (exact) mass is 261 g/mol. The van der Waals surface area contributed by atoms with Gasteiger partial charge in [0, 0.05) is 24.0 Å². The van der Waals surface area contributed by atoms with Crippen LogP contribution in [0.4, 0.5) is 11.4 Å². The average molecular weight is 261 g/mol. The van der Waals surface area contributed by atoms with E-state index >= 15 is 0 Å². The second-order valence-electron chi connectivity index (χ2n) is 5.07. The van der Waals surface area contributed by atoms with Crippen molar-refractivity contribution in [2.45, 2.75) is 12.8 Å². The zero-order valence-electron chi connectivity index (χ0n) is 11.8. The van der Waals surface area contributed by atoms with Crippen LogP contribution in [-0.4, -0.2) is 7.05 Å². The Kier molecular flexibility index (Phi) is 3.69. The highest BCUT2D eigenvalue weighted by Crippen LogP contribution is 2.34. The summed E-state index contributed by atoms with van der Waals surface area (Å²) in [5, 5.41) is 0. The summed E-state index contributed by atoms with van der Waals surface area (Å²) in [4.78, 5) is 2.26. The van der Waals surface area contributed by atoms with Gasteiger partial charge in [-0.15, -0.1) is 0 Å². The molecule has 0 N–H and O–H groups in total. The zero-order chi connectivity index (χ0) is 13.8. The Morgan fingerprint density at radius 3 is 2.40 bits per heavy atom. The molecule has 0 amide bonds. The van der Waals surface area contributed by atoms with Crippen LogP contribution in [-0.2, 0) is 0 Å². The van der Waals surface area contributed by atoms with Gasteiger partial charge >= 0.3 is 0 Å². The fourth-order valence-electron chi connectivity index (χ4n) is 2.66. The predicted octanol–water partition coefficient (Wildman–Crippen LogP) is 5.19. The summed E-state index contributed by atoms with van der Waals surface area (Å²) in [6, 6.07) is 19.2. The summed E-state index contributed by atoms with van der Waals surface area (Å²) in [7, 11) is 2.13. The molecule has 0 unspecified atom stereocenters. The molecule has 2 aromatic rings. The van der Waals surface area contributed by atoms with E-state index in [9.17, 15) is 0 Å². The highest BCUT2D eigenvalue weighted by molar-refractivity contribution is 5.81. The van der Waals surface area contributed by atoms with Crippen LogP contribution >= 0.6 is 0 Å². The van der Waals surface area contributed by atoms with Crippen LogP contribution < -0.4 is 4.90 Å². The molecule has 0 saturated heterocycles. The molecule has 0 saturated carbocycles. The van der Waals surface area contributed by atoms with E-state index in [4.69, 9.17) is 0 Å². The first-order chi connectivity index (χ1) is 9.86. The first kappa shape index (κ1) is 12.7. The van der Waals surface area contributed by atoms with E-state index in [1.54, 1.807) is 0 Å². The lowest BCUT2D eigenvalue weighted by Crippen LogP contribution is -2.11. The molecule has 3 rings (SSSR count). The molecule has 0 fully saturated rings. The summed E-state index contributed by atoms with van der Waals surface area (Å²) in [5.41, 5.74) is 5.24. The van der Waals surface area contributed by atoms with E-state index in [0.29, 0.717) is 0 Å². The summed E-state index contributed by atoms with van der Waals surface area (Å²) in [5.74, 6) is 0. The topological polar surface area (TPSA) is 3.24 Å². The average Bonchev–Trinajstić information content (AvgIpc) is 2.56. The Labute approximate surface area is 120 Å². The maximum absolute atomic E-state index is 2.26. The second kappa shape index (κ2) is 5.79. The van der Waals surface area contributed by atoms with Gasteiger partial charge < -0.3 is 4.90 Å². The quantitative estimate of drug-likeness (QED) is 0.735. The van der Waals surface area contributed by atoms with Crippen LogP contribution in [0.25, 0.3) is 5.57 Å². The molecule has 2 aromatic carbocycles. The predicted molar refractivity (Wildman–Crippen MR) is 87.3 cm³/mol. The van der Waals surface area contributed by atoms with Crippen molar-refractivity contribution in [3.63, 3.8) is 0 Å². The normalized spacial score (nSPS) is 13.9. The van der Waals surface area contributed by atoms with Crippen molar-refractivity contribution < 1.29 is 0 Å². The molecule has 20 heavy (non-hydrogen) atoms. The van der Waals surface area contributed by atoms with Gasteiger partial charge in [-0.1, -0.05) is 54.6 Å². The van der Waals surface area contributed by atoms with Gasteiger partial charge in [-0.3, -0.25) is 0 Å². The van der Waals surface area contributed by atoms with Crippen LogP contribution in [0.2, 0.25) is 0 Å². The number of rotatable bonds is 3. The molecule has 0 radical (unpaired) electrons. The van der Waals surface area contributed by atoms with Crippen LogP contribution in [0.1, 0.15) is 18.4 Å². The number of nitrogens with zero attached hydrogens (tertiary/aromatic N) is 1. The molecule has 0 aromatic heterocycles. The van der Waals surface area contributed by atoms with Gasteiger partial charge in [-0.2, -0.15) is 0 Å². The van der Waals surface area contributed by atoms with Crippen molar-refractivity contribution >= 4 is 16.9 Å². The standard InChI is InChI=1S/C19H19N/c1-20(17-12-6-3-7-13-17)19-15-9-8-14-18(19)16-10-4-2-5-11-16/h2-4,6-10,12-15H,5,11H2,1H3. The number of hydrogen-bond acceptors (Lipinski definition) is 1. The molecule has 0 aliphatic heterocycles. The highest BCUT2D eigenvalue weighted by Gasteiger charge is 2.12. The third-order valence-electron chi connectivity index (χ3n) is 3.77. The summed E-state index contributed by atoms with van der Waals surface area (Å²) >= 11 is 0. The largest absolute Gasteiger partial charge is 0.344 e. The molecule has 100 valence electrons. The molecular weight excluding hydrogens is 242 g/mol. The van der Waals surface area contributed by atoms with Crippen LogP contribution in [0.15, 0.2) is 72.8 Å². The van der Waals surface area contributed by atoms with E-state index in [0.717, 1.165) is 12.8 Å². The number of benzene rings is 2. The van der Waals surface area contributed by atoms with Gasteiger partial charge in [0.05, 0.1) is 0 Å². The van der Waals surface area contributed by atoms with Crippen LogP contribution in [0.3, 0.4) is 0 Å². The summed E-state index contributed by atoms with van der Waals surface area (Å²) in [6.45, 7) is 0. The minimum absolute atomic E-state index is 1.12. The molecule has 1 aliphatic rings. The molecule has 1 heteroatoms. The van der Waals surface area contributed by atoms with E-state index in [1.165, 1.54) is 22.5 Å². The van der Waals surface area contributed by atoms with E-state index in [1.807, 2.05) is 0 Å². The van der Waals surface area contributed by atoms with E-state index in [-0.39, 0.29) is 0 Å². The van der Waals surface area contributed by atoms with E-state index in [2.05, 4.69) is 84.8 Å². The molecule has 1 aliphatic carbocycles. The van der Waals surface area contributed by atoms with Gasteiger partial charge in [0.25, 0.3) is 0 Å². The maximum atomic E-state index is 2.26. The molecule has 0 spiro atoms. The number of anilines is 2. The molecule has 0 heterocycles. The van der Waals surface area contributed by atoms with Crippen LogP contribution in [0, 0.1) is 0 Å². The zero-order valence-corrected chi connectivity index (χ0v) is 11.8. The lowest BCUT2D eigenvalue weighted by Gasteiger charge is -2.24. The van der Waals surface area contributed by atoms with Crippen molar-refractivity contribution in [1.82, 2.24) is 0 Å². The number of hydrogen-bond donors (Lipinski definition) is 0. The molecular formula is C19H19N. The minimum Gasteiger partial charge on any atom is -0.344 e. The lowest BCUT2D eigenvalue weighted by molar-refractivity contribution is 1.05. The third-order valence-corrected chi connectivity index (χ3v) is 3.77. The third kappa shape index (κ3) is 2.53. The summed E-state index contributed by atoms with van der Waals surface area (Å²) in [6.07, 6.45) is 8.89. The lowest BCUT2D eigenvalue weighted by atomic mass is 9.95. The summed E-state index contributed by atoms with van der Waals surface area (Å²) < 4.78 is 0. The van der Waals surface area contributed by atoms with Gasteiger partial charge in [-0.05, 0) is 36.6 Å². The Bertz CT molecular complexity index is 638. The minimum atomic E-state index is 1.12. The van der Waals surface area contributed by atoms with Crippen molar-refractivity contribution in [2.24, 2.45) is 0 Å². The Morgan fingerprint density at radius 1 is 0.900 bits per heavy atom. The Balaban J connectivity index is 2.02. The Morgan fingerprint density at radius 2 is 1.65 bits per heavy atom. The van der Waals surface area contributed by atoms with Gasteiger partial charge in [0.1, 0.15) is 0 Å². The number of allylic oxidation sites excluding steroid dienone is 4. The van der Waals surface area contributed by atoms with Gasteiger partial charge in [0.15, 0.2) is 0 Å². The first-order valence-corrected chi connectivity index (χ1v) is 7.10. The second-order valence-corrected chi connectivity index (χ2v) is 5.07. The van der Waals surface area contributed by atoms with Gasteiger partial charge in [0.2, 0.25) is 0 Å². The maximum Gasteiger partial charge on any atom is 0.0484 e. The fourth-order valence-corrected chi connectivity index (χ4v) is 2.66. The smallest absolute Gasteiger partial charge is 0.0484 e. The SMILES string of the molecule is CN(c1ccccc1)c1ccccc1C1=CC=CCC1. The Hall–Kier alpha value is -2.28. The van der Waals surface area contributed by atoms with Gasteiger partial charge in [-0.25, -0.2) is 0 Å². The molecule has 0 atom stereocenters.